The molecule has 2 atom stereocenters. The molecule has 0 saturated heterocycles. The molecule has 1 aromatic rings. The molecule has 0 amide bonds. The van der Waals surface area contributed by atoms with Crippen LogP contribution in [0.2, 0.25) is 0 Å². The first-order chi connectivity index (χ1) is 8.25. The van der Waals surface area contributed by atoms with Crippen LogP contribution in [0.25, 0.3) is 0 Å². The lowest BCUT2D eigenvalue weighted by Crippen LogP contribution is -2.36. The highest BCUT2D eigenvalue weighted by atomic mass is 79.9. The van der Waals surface area contributed by atoms with Gasteiger partial charge in [-0.05, 0) is 45.5 Å². The number of halogens is 1. The maximum absolute atomic E-state index is 10.2. The number of aliphatic hydroxyl groups excluding tert-OH is 1. The molecule has 102 valence electrons. The third kappa shape index (κ3) is 3.97. The van der Waals surface area contributed by atoms with Crippen LogP contribution < -0.4 is 10.5 Å². The number of aliphatic hydroxyl groups is 1. The smallest absolute Gasteiger partial charge is 0.133 e. The summed E-state index contributed by atoms with van der Waals surface area (Å²) in [7, 11) is 1.62. The van der Waals surface area contributed by atoms with Crippen LogP contribution >= 0.6 is 15.9 Å². The molecule has 0 saturated carbocycles. The van der Waals surface area contributed by atoms with Crippen molar-refractivity contribution in [2.45, 2.75) is 39.3 Å². The standard InChI is InChI=1S/C14H22BrNO2/c1-14(2,3)13(16)8-11(17)9-5-6-12(18-4)10(15)7-9/h5-7,11,13,17H,8,16H2,1-4H3/t11-,13-/m0/s1. The SMILES string of the molecule is COc1ccc([C@@H](O)C[C@H](N)C(C)(C)C)cc1Br. The van der Waals surface area contributed by atoms with E-state index in [9.17, 15) is 5.11 Å². The lowest BCUT2D eigenvalue weighted by molar-refractivity contribution is 0.133. The highest BCUT2D eigenvalue weighted by molar-refractivity contribution is 9.10. The van der Waals surface area contributed by atoms with Gasteiger partial charge in [0, 0.05) is 6.04 Å². The Labute approximate surface area is 117 Å². The summed E-state index contributed by atoms with van der Waals surface area (Å²) in [5.74, 6) is 0.756. The van der Waals surface area contributed by atoms with Crippen LogP contribution in [0.15, 0.2) is 22.7 Å². The average Bonchev–Trinajstić information content (AvgIpc) is 2.27. The predicted octanol–water partition coefficient (Wildman–Crippen LogP) is 3.25. The molecule has 1 aromatic carbocycles. The van der Waals surface area contributed by atoms with Crippen molar-refractivity contribution in [2.75, 3.05) is 7.11 Å². The molecule has 3 nitrogen and oxygen atoms in total. The highest BCUT2D eigenvalue weighted by Crippen LogP contribution is 2.31. The normalized spacial score (nSPS) is 15.3. The summed E-state index contributed by atoms with van der Waals surface area (Å²) in [6.07, 6.45) is -0.0103. The zero-order valence-electron chi connectivity index (χ0n) is 11.4. The summed E-state index contributed by atoms with van der Waals surface area (Å²) >= 11 is 3.41. The number of hydrogen-bond acceptors (Lipinski definition) is 3. The third-order valence-corrected chi connectivity index (χ3v) is 3.77. The zero-order chi connectivity index (χ0) is 13.9. The van der Waals surface area contributed by atoms with E-state index in [0.717, 1.165) is 15.8 Å². The molecule has 1 rings (SSSR count). The minimum absolute atomic E-state index is 0.00924. The third-order valence-electron chi connectivity index (χ3n) is 3.15. The Morgan fingerprint density at radius 1 is 1.39 bits per heavy atom. The van der Waals surface area contributed by atoms with E-state index in [4.69, 9.17) is 10.5 Å². The van der Waals surface area contributed by atoms with Crippen molar-refractivity contribution in [1.29, 1.82) is 0 Å². The molecule has 0 aliphatic carbocycles. The average molecular weight is 316 g/mol. The van der Waals surface area contributed by atoms with Gasteiger partial charge < -0.3 is 15.6 Å². The number of benzene rings is 1. The maximum Gasteiger partial charge on any atom is 0.133 e. The van der Waals surface area contributed by atoms with Crippen molar-refractivity contribution in [3.8, 4) is 5.75 Å². The van der Waals surface area contributed by atoms with E-state index in [1.165, 1.54) is 0 Å². The molecule has 3 N–H and O–H groups in total. The second-order valence-corrected chi connectivity index (χ2v) is 6.47. The van der Waals surface area contributed by atoms with E-state index in [1.807, 2.05) is 18.2 Å². The first kappa shape index (κ1) is 15.5. The fourth-order valence-electron chi connectivity index (χ4n) is 1.62. The quantitative estimate of drug-likeness (QED) is 0.896. The Morgan fingerprint density at radius 2 is 2.00 bits per heavy atom. The highest BCUT2D eigenvalue weighted by Gasteiger charge is 2.24. The van der Waals surface area contributed by atoms with Crippen molar-refractivity contribution in [3.05, 3.63) is 28.2 Å². The van der Waals surface area contributed by atoms with Gasteiger partial charge in [0.05, 0.1) is 17.7 Å². The molecular formula is C14H22BrNO2. The van der Waals surface area contributed by atoms with Crippen molar-refractivity contribution in [3.63, 3.8) is 0 Å². The van der Waals surface area contributed by atoms with Crippen molar-refractivity contribution < 1.29 is 9.84 Å². The molecule has 0 aromatic heterocycles. The topological polar surface area (TPSA) is 55.5 Å². The van der Waals surface area contributed by atoms with E-state index in [-0.39, 0.29) is 11.5 Å². The number of methoxy groups -OCH3 is 1. The molecule has 18 heavy (non-hydrogen) atoms. The molecule has 0 unspecified atom stereocenters. The molecule has 0 aliphatic rings. The summed E-state index contributed by atoms with van der Waals surface area (Å²) < 4.78 is 6.00. The summed E-state index contributed by atoms with van der Waals surface area (Å²) in [5, 5.41) is 10.2. The molecule has 0 aliphatic heterocycles. The van der Waals surface area contributed by atoms with Crippen LogP contribution in [0.1, 0.15) is 38.9 Å². The van der Waals surface area contributed by atoms with Gasteiger partial charge in [-0.15, -0.1) is 0 Å². The first-order valence-electron chi connectivity index (χ1n) is 6.02. The zero-order valence-corrected chi connectivity index (χ0v) is 13.0. The Hall–Kier alpha value is -0.580. The summed E-state index contributed by atoms with van der Waals surface area (Å²) in [6.45, 7) is 6.23. The van der Waals surface area contributed by atoms with Crippen molar-refractivity contribution >= 4 is 15.9 Å². The second kappa shape index (κ2) is 6.04. The summed E-state index contributed by atoms with van der Waals surface area (Å²) in [6, 6.07) is 5.53. The number of nitrogens with two attached hydrogens (primary N) is 1. The summed E-state index contributed by atoms with van der Waals surface area (Å²) in [4.78, 5) is 0. The van der Waals surface area contributed by atoms with Gasteiger partial charge in [-0.1, -0.05) is 26.8 Å². The van der Waals surface area contributed by atoms with Gasteiger partial charge in [-0.25, -0.2) is 0 Å². The van der Waals surface area contributed by atoms with Crippen molar-refractivity contribution in [1.82, 2.24) is 0 Å². The Kier molecular flexibility index (Phi) is 5.20. The molecule has 0 heterocycles. The van der Waals surface area contributed by atoms with E-state index < -0.39 is 6.10 Å². The van der Waals surface area contributed by atoms with E-state index in [0.29, 0.717) is 6.42 Å². The van der Waals surface area contributed by atoms with E-state index >= 15 is 0 Å². The largest absolute Gasteiger partial charge is 0.496 e. The van der Waals surface area contributed by atoms with Crippen LogP contribution in [-0.4, -0.2) is 18.3 Å². The maximum atomic E-state index is 10.2. The Bertz CT molecular complexity index is 401. The summed E-state index contributed by atoms with van der Waals surface area (Å²) in [5.41, 5.74) is 6.93. The van der Waals surface area contributed by atoms with Gasteiger partial charge >= 0.3 is 0 Å². The van der Waals surface area contributed by atoms with Crippen LogP contribution in [0, 0.1) is 5.41 Å². The van der Waals surface area contributed by atoms with E-state index in [2.05, 4.69) is 36.7 Å². The lowest BCUT2D eigenvalue weighted by Gasteiger charge is -2.29. The van der Waals surface area contributed by atoms with Crippen LogP contribution in [0.3, 0.4) is 0 Å². The first-order valence-corrected chi connectivity index (χ1v) is 6.82. The van der Waals surface area contributed by atoms with Gasteiger partial charge in [0.15, 0.2) is 0 Å². The number of hydrogen-bond donors (Lipinski definition) is 2. The molecule has 0 radical (unpaired) electrons. The Balaban J connectivity index is 2.79. The molecule has 0 spiro atoms. The van der Waals surface area contributed by atoms with Crippen LogP contribution in [-0.2, 0) is 0 Å². The van der Waals surface area contributed by atoms with Crippen molar-refractivity contribution in [2.24, 2.45) is 11.1 Å². The molecule has 0 bridgehead atoms. The number of rotatable bonds is 4. The fourth-order valence-corrected chi connectivity index (χ4v) is 2.18. The van der Waals surface area contributed by atoms with Gasteiger partial charge in [0.2, 0.25) is 0 Å². The Morgan fingerprint density at radius 3 is 2.44 bits per heavy atom. The number of ether oxygens (including phenoxy) is 1. The molecule has 0 fully saturated rings. The monoisotopic (exact) mass is 315 g/mol. The lowest BCUT2D eigenvalue weighted by atomic mass is 9.83. The molecule has 4 heteroatoms. The minimum Gasteiger partial charge on any atom is -0.496 e. The fraction of sp³-hybridized carbons (Fsp3) is 0.571. The predicted molar refractivity (Wildman–Crippen MR) is 77.7 cm³/mol. The second-order valence-electron chi connectivity index (χ2n) is 5.62. The van der Waals surface area contributed by atoms with E-state index in [1.54, 1.807) is 7.11 Å². The van der Waals surface area contributed by atoms with Gasteiger partial charge in [-0.3, -0.25) is 0 Å². The van der Waals surface area contributed by atoms with Gasteiger partial charge in [0.1, 0.15) is 5.75 Å². The molecular weight excluding hydrogens is 294 g/mol. The van der Waals surface area contributed by atoms with Crippen LogP contribution in [0.4, 0.5) is 0 Å². The van der Waals surface area contributed by atoms with Gasteiger partial charge in [-0.2, -0.15) is 0 Å². The minimum atomic E-state index is -0.554. The van der Waals surface area contributed by atoms with Gasteiger partial charge in [0.25, 0.3) is 0 Å². The van der Waals surface area contributed by atoms with Crippen LogP contribution in [0.5, 0.6) is 5.75 Å².